The summed E-state index contributed by atoms with van der Waals surface area (Å²) in [5.41, 5.74) is 0.309. The fraction of sp³-hybridized carbons (Fsp3) is 1.00. The van der Waals surface area contributed by atoms with Crippen molar-refractivity contribution in [2.75, 3.05) is 40.5 Å². The van der Waals surface area contributed by atoms with Crippen LogP contribution in [0.5, 0.6) is 0 Å². The number of rotatable bonds is 8. The fourth-order valence-corrected chi connectivity index (χ4v) is 1.07. The standard InChI is InChI=1S/C10H23NO2/c1-10(2,5-7-12-3)9-11-6-8-13-4/h11H,5-9H2,1-4H3. The number of hydrogen-bond acceptors (Lipinski definition) is 3. The molecule has 80 valence electrons. The van der Waals surface area contributed by atoms with Crippen LogP contribution in [-0.4, -0.2) is 40.5 Å². The molecule has 0 aliphatic rings. The zero-order valence-corrected chi connectivity index (χ0v) is 9.35. The highest BCUT2D eigenvalue weighted by molar-refractivity contribution is 4.70. The molecule has 13 heavy (non-hydrogen) atoms. The second-order valence-electron chi connectivity index (χ2n) is 4.08. The Balaban J connectivity index is 3.39. The van der Waals surface area contributed by atoms with Gasteiger partial charge in [0.25, 0.3) is 0 Å². The highest BCUT2D eigenvalue weighted by Crippen LogP contribution is 2.18. The molecule has 0 bridgehead atoms. The van der Waals surface area contributed by atoms with Gasteiger partial charge < -0.3 is 14.8 Å². The smallest absolute Gasteiger partial charge is 0.0587 e. The summed E-state index contributed by atoms with van der Waals surface area (Å²) in [5, 5.41) is 3.35. The van der Waals surface area contributed by atoms with Gasteiger partial charge in [0.05, 0.1) is 6.61 Å². The van der Waals surface area contributed by atoms with Gasteiger partial charge >= 0.3 is 0 Å². The molecule has 0 radical (unpaired) electrons. The zero-order valence-electron chi connectivity index (χ0n) is 9.35. The summed E-state index contributed by atoms with van der Waals surface area (Å²) in [6.45, 7) is 8.03. The number of hydrogen-bond donors (Lipinski definition) is 1. The van der Waals surface area contributed by atoms with E-state index in [1.807, 2.05) is 0 Å². The van der Waals surface area contributed by atoms with Gasteiger partial charge in [-0.2, -0.15) is 0 Å². The first-order chi connectivity index (χ1) is 6.12. The van der Waals surface area contributed by atoms with Crippen LogP contribution in [0.15, 0.2) is 0 Å². The Labute approximate surface area is 81.8 Å². The molecule has 0 aliphatic heterocycles. The minimum absolute atomic E-state index is 0.309. The molecule has 0 saturated carbocycles. The summed E-state index contributed by atoms with van der Waals surface area (Å²) in [7, 11) is 3.46. The minimum Gasteiger partial charge on any atom is -0.385 e. The van der Waals surface area contributed by atoms with Crippen molar-refractivity contribution in [1.82, 2.24) is 5.32 Å². The van der Waals surface area contributed by atoms with Gasteiger partial charge in [0.2, 0.25) is 0 Å². The Morgan fingerprint density at radius 2 is 1.69 bits per heavy atom. The van der Waals surface area contributed by atoms with Crippen LogP contribution in [0.25, 0.3) is 0 Å². The molecule has 0 saturated heterocycles. The van der Waals surface area contributed by atoms with Crippen LogP contribution in [0.2, 0.25) is 0 Å². The van der Waals surface area contributed by atoms with E-state index in [4.69, 9.17) is 9.47 Å². The zero-order chi connectivity index (χ0) is 10.2. The first-order valence-corrected chi connectivity index (χ1v) is 4.81. The van der Waals surface area contributed by atoms with E-state index in [2.05, 4.69) is 19.2 Å². The van der Waals surface area contributed by atoms with E-state index in [1.165, 1.54) is 0 Å². The predicted molar refractivity (Wildman–Crippen MR) is 55.0 cm³/mol. The lowest BCUT2D eigenvalue weighted by Gasteiger charge is -2.24. The summed E-state index contributed by atoms with van der Waals surface area (Å²) in [6, 6.07) is 0. The highest BCUT2D eigenvalue weighted by Gasteiger charge is 2.16. The number of methoxy groups -OCH3 is 2. The van der Waals surface area contributed by atoms with Gasteiger partial charge in [-0.15, -0.1) is 0 Å². The number of ether oxygens (including phenoxy) is 2. The Morgan fingerprint density at radius 3 is 2.23 bits per heavy atom. The molecule has 3 heteroatoms. The van der Waals surface area contributed by atoms with E-state index in [0.717, 1.165) is 32.7 Å². The second-order valence-corrected chi connectivity index (χ2v) is 4.08. The second kappa shape index (κ2) is 7.30. The first kappa shape index (κ1) is 12.9. The molecular formula is C10H23NO2. The molecule has 1 N–H and O–H groups in total. The third kappa shape index (κ3) is 8.22. The third-order valence-electron chi connectivity index (χ3n) is 2.07. The summed E-state index contributed by atoms with van der Waals surface area (Å²) >= 11 is 0. The molecule has 0 fully saturated rings. The van der Waals surface area contributed by atoms with Crippen LogP contribution in [-0.2, 0) is 9.47 Å². The topological polar surface area (TPSA) is 30.5 Å². The fourth-order valence-electron chi connectivity index (χ4n) is 1.07. The van der Waals surface area contributed by atoms with E-state index in [0.29, 0.717) is 5.41 Å². The van der Waals surface area contributed by atoms with Crippen molar-refractivity contribution in [3.63, 3.8) is 0 Å². The monoisotopic (exact) mass is 189 g/mol. The van der Waals surface area contributed by atoms with Crippen LogP contribution < -0.4 is 5.32 Å². The Kier molecular flexibility index (Phi) is 7.23. The Hall–Kier alpha value is -0.120. The average molecular weight is 189 g/mol. The normalized spacial score (nSPS) is 12.0. The van der Waals surface area contributed by atoms with Crippen molar-refractivity contribution in [2.45, 2.75) is 20.3 Å². The number of nitrogens with one attached hydrogen (secondary N) is 1. The molecule has 0 aromatic rings. The first-order valence-electron chi connectivity index (χ1n) is 4.81. The van der Waals surface area contributed by atoms with E-state index < -0.39 is 0 Å². The minimum atomic E-state index is 0.309. The average Bonchev–Trinajstić information content (AvgIpc) is 2.09. The molecule has 0 aromatic carbocycles. The van der Waals surface area contributed by atoms with Crippen molar-refractivity contribution >= 4 is 0 Å². The summed E-state index contributed by atoms with van der Waals surface area (Å²) in [6.07, 6.45) is 1.09. The summed E-state index contributed by atoms with van der Waals surface area (Å²) in [5.74, 6) is 0. The lowest BCUT2D eigenvalue weighted by Crippen LogP contribution is -2.32. The quantitative estimate of drug-likeness (QED) is 0.584. The van der Waals surface area contributed by atoms with Crippen LogP contribution >= 0.6 is 0 Å². The van der Waals surface area contributed by atoms with Crippen molar-refractivity contribution in [1.29, 1.82) is 0 Å². The van der Waals surface area contributed by atoms with Crippen LogP contribution in [0.3, 0.4) is 0 Å². The van der Waals surface area contributed by atoms with E-state index in [9.17, 15) is 0 Å². The van der Waals surface area contributed by atoms with Crippen molar-refractivity contribution in [2.24, 2.45) is 5.41 Å². The van der Waals surface area contributed by atoms with Gasteiger partial charge in [-0.25, -0.2) is 0 Å². The van der Waals surface area contributed by atoms with E-state index in [1.54, 1.807) is 14.2 Å². The molecule has 0 unspecified atom stereocenters. The maximum Gasteiger partial charge on any atom is 0.0587 e. The highest BCUT2D eigenvalue weighted by atomic mass is 16.5. The SMILES string of the molecule is COCCNCC(C)(C)CCOC. The Bertz CT molecular complexity index is 115. The molecule has 3 nitrogen and oxygen atoms in total. The van der Waals surface area contributed by atoms with Gasteiger partial charge in [0, 0.05) is 33.9 Å². The van der Waals surface area contributed by atoms with E-state index >= 15 is 0 Å². The Morgan fingerprint density at radius 1 is 1.08 bits per heavy atom. The molecule has 0 atom stereocenters. The maximum absolute atomic E-state index is 5.05. The molecule has 0 aliphatic carbocycles. The van der Waals surface area contributed by atoms with Crippen molar-refractivity contribution in [3.05, 3.63) is 0 Å². The largest absolute Gasteiger partial charge is 0.385 e. The van der Waals surface area contributed by atoms with Crippen molar-refractivity contribution < 1.29 is 9.47 Å². The lowest BCUT2D eigenvalue weighted by molar-refractivity contribution is 0.147. The molecule has 0 rings (SSSR count). The van der Waals surface area contributed by atoms with Gasteiger partial charge in [-0.3, -0.25) is 0 Å². The van der Waals surface area contributed by atoms with Crippen LogP contribution in [0.4, 0.5) is 0 Å². The van der Waals surface area contributed by atoms with Gasteiger partial charge in [-0.1, -0.05) is 13.8 Å². The third-order valence-corrected chi connectivity index (χ3v) is 2.07. The molecule has 0 amide bonds. The molecule has 0 heterocycles. The van der Waals surface area contributed by atoms with Gasteiger partial charge in [0.1, 0.15) is 0 Å². The summed E-state index contributed by atoms with van der Waals surface area (Å²) < 4.78 is 10.0. The summed E-state index contributed by atoms with van der Waals surface area (Å²) in [4.78, 5) is 0. The van der Waals surface area contributed by atoms with Crippen LogP contribution in [0, 0.1) is 5.41 Å². The molecular weight excluding hydrogens is 166 g/mol. The predicted octanol–water partition coefficient (Wildman–Crippen LogP) is 1.29. The molecule has 0 aromatic heterocycles. The lowest BCUT2D eigenvalue weighted by atomic mass is 9.90. The van der Waals surface area contributed by atoms with Gasteiger partial charge in [0.15, 0.2) is 0 Å². The molecule has 0 spiro atoms. The van der Waals surface area contributed by atoms with Crippen LogP contribution in [0.1, 0.15) is 20.3 Å². The van der Waals surface area contributed by atoms with Crippen molar-refractivity contribution in [3.8, 4) is 0 Å². The van der Waals surface area contributed by atoms with E-state index in [-0.39, 0.29) is 0 Å². The maximum atomic E-state index is 5.05. The van der Waals surface area contributed by atoms with Gasteiger partial charge in [-0.05, 0) is 11.8 Å².